The molecule has 1 aliphatic rings. The van der Waals surface area contributed by atoms with Gasteiger partial charge in [0.25, 0.3) is 0 Å². The first-order valence-corrected chi connectivity index (χ1v) is 11.8. The molecule has 4 heteroatoms. The maximum Gasteiger partial charge on any atom is 0.205 e. The zero-order chi connectivity index (χ0) is 20.0. The van der Waals surface area contributed by atoms with E-state index in [1.54, 1.807) is 0 Å². The normalized spacial score (nSPS) is 18.2. The molecular weight excluding hydrogens is 363 g/mol. The Hall–Kier alpha value is -2.14. The van der Waals surface area contributed by atoms with Gasteiger partial charge >= 0.3 is 0 Å². The number of hydrogen-bond acceptors (Lipinski definition) is 2. The van der Waals surface area contributed by atoms with Gasteiger partial charge in [-0.25, -0.2) is 5.09 Å². The Labute approximate surface area is 168 Å². The Balaban J connectivity index is 2.14. The molecule has 0 heterocycles. The van der Waals surface area contributed by atoms with Gasteiger partial charge in [0, 0.05) is 16.2 Å². The number of hydrogen-bond donors (Lipinski definition) is 1. The Morgan fingerprint density at radius 1 is 1.04 bits per heavy atom. The predicted molar refractivity (Wildman–Crippen MR) is 117 cm³/mol. The minimum atomic E-state index is -3.13. The third-order valence-corrected chi connectivity index (χ3v) is 8.85. The zero-order valence-corrected chi connectivity index (χ0v) is 17.7. The molecule has 1 atom stereocenters. The van der Waals surface area contributed by atoms with Gasteiger partial charge in [0.05, 0.1) is 11.6 Å². The topological polar surface area (TPSA) is 52.9 Å². The van der Waals surface area contributed by atoms with E-state index in [0.717, 1.165) is 36.3 Å². The molecule has 0 aliphatic heterocycles. The number of allylic oxidation sites excluding steroid dienone is 1. The van der Waals surface area contributed by atoms with Crippen molar-refractivity contribution in [3.05, 3.63) is 72.3 Å². The lowest BCUT2D eigenvalue weighted by atomic mass is 9.72. The molecule has 0 bridgehead atoms. The van der Waals surface area contributed by atoms with Crippen LogP contribution in [-0.2, 0) is 4.57 Å². The molecule has 146 valence electrons. The summed E-state index contributed by atoms with van der Waals surface area (Å²) in [5.74, 6) is 0.285. The van der Waals surface area contributed by atoms with Crippen LogP contribution < -0.4 is 15.7 Å². The van der Waals surface area contributed by atoms with Crippen molar-refractivity contribution in [3.63, 3.8) is 0 Å². The molecule has 2 aromatic rings. The number of nitriles is 1. The van der Waals surface area contributed by atoms with Crippen molar-refractivity contribution in [2.45, 2.75) is 51.5 Å². The first kappa shape index (κ1) is 20.6. The summed E-state index contributed by atoms with van der Waals surface area (Å²) in [5.41, 5.74) is 0.0389. The summed E-state index contributed by atoms with van der Waals surface area (Å²) in [6, 6.07) is 21.6. The quantitative estimate of drug-likeness (QED) is 0.535. The van der Waals surface area contributed by atoms with Crippen LogP contribution in [0.5, 0.6) is 0 Å². The van der Waals surface area contributed by atoms with Crippen LogP contribution in [0.2, 0.25) is 0 Å². The second kappa shape index (κ2) is 8.91. The first-order chi connectivity index (χ1) is 13.5. The molecule has 0 radical (unpaired) electrons. The van der Waals surface area contributed by atoms with Gasteiger partial charge in [-0.05, 0) is 56.9 Å². The first-order valence-electron chi connectivity index (χ1n) is 10.1. The maximum atomic E-state index is 14.6. The molecule has 1 fully saturated rings. The summed E-state index contributed by atoms with van der Waals surface area (Å²) in [6.07, 6.45) is 7.52. The molecular formula is C24H29N2OP. The standard InChI is InChI=1S/C24H29N2OP/c1-3-20(19-25)24(2,21-13-7-4-8-14-21)26-28(27,22-15-9-5-10-16-22)23-17-11-6-12-18-23/h3,5-6,9-12,15-18,21H,4,7-8,13-14H2,1-2H3,(H,26,27)/b20-3+/t24-/m1/s1. The number of nitrogens with one attached hydrogen (secondary N) is 1. The van der Waals surface area contributed by atoms with Crippen LogP contribution in [0.3, 0.4) is 0 Å². The monoisotopic (exact) mass is 392 g/mol. The Bertz CT molecular complexity index is 852. The highest BCUT2D eigenvalue weighted by atomic mass is 31.2. The number of benzene rings is 2. The maximum absolute atomic E-state index is 14.6. The van der Waals surface area contributed by atoms with Gasteiger partial charge in [-0.2, -0.15) is 5.26 Å². The van der Waals surface area contributed by atoms with Crippen molar-refractivity contribution >= 4 is 17.9 Å². The Kier molecular flexibility index (Phi) is 6.55. The number of rotatable bonds is 6. The third-order valence-electron chi connectivity index (χ3n) is 6.02. The third kappa shape index (κ3) is 4.00. The van der Waals surface area contributed by atoms with Crippen LogP contribution in [-0.4, -0.2) is 5.54 Å². The van der Waals surface area contributed by atoms with Gasteiger partial charge in [-0.3, -0.25) is 4.57 Å². The fourth-order valence-corrected chi connectivity index (χ4v) is 7.11. The summed E-state index contributed by atoms with van der Waals surface area (Å²) < 4.78 is 14.6. The molecule has 28 heavy (non-hydrogen) atoms. The molecule has 1 N–H and O–H groups in total. The van der Waals surface area contributed by atoms with Crippen molar-refractivity contribution < 1.29 is 4.57 Å². The van der Waals surface area contributed by atoms with Gasteiger partial charge in [0.15, 0.2) is 0 Å². The van der Waals surface area contributed by atoms with Crippen LogP contribution in [0, 0.1) is 17.2 Å². The predicted octanol–water partition coefficient (Wildman–Crippen LogP) is 5.31. The molecule has 0 unspecified atom stereocenters. The van der Waals surface area contributed by atoms with E-state index in [1.807, 2.05) is 73.7 Å². The Morgan fingerprint density at radius 3 is 1.96 bits per heavy atom. The minimum absolute atomic E-state index is 0.285. The highest BCUT2D eigenvalue weighted by molar-refractivity contribution is 7.77. The van der Waals surface area contributed by atoms with Gasteiger partial charge in [-0.15, -0.1) is 0 Å². The molecule has 0 spiro atoms. The second-order valence-corrected chi connectivity index (χ2v) is 10.2. The van der Waals surface area contributed by atoms with Crippen LogP contribution in [0.25, 0.3) is 0 Å². The van der Waals surface area contributed by atoms with Gasteiger partial charge in [-0.1, -0.05) is 61.7 Å². The van der Waals surface area contributed by atoms with E-state index in [-0.39, 0.29) is 5.92 Å². The van der Waals surface area contributed by atoms with Gasteiger partial charge in [0.2, 0.25) is 7.29 Å². The molecule has 2 aromatic carbocycles. The highest BCUT2D eigenvalue weighted by Crippen LogP contribution is 2.47. The molecule has 1 saturated carbocycles. The summed E-state index contributed by atoms with van der Waals surface area (Å²) in [7, 11) is -3.13. The minimum Gasteiger partial charge on any atom is -0.296 e. The molecule has 3 rings (SSSR count). The van der Waals surface area contributed by atoms with Crippen LogP contribution in [0.4, 0.5) is 0 Å². The van der Waals surface area contributed by atoms with Crippen molar-refractivity contribution in [1.29, 1.82) is 5.26 Å². The average Bonchev–Trinajstić information content (AvgIpc) is 2.76. The lowest BCUT2D eigenvalue weighted by Gasteiger charge is -2.43. The van der Waals surface area contributed by atoms with Gasteiger partial charge < -0.3 is 0 Å². The second-order valence-electron chi connectivity index (χ2n) is 7.74. The van der Waals surface area contributed by atoms with E-state index in [9.17, 15) is 9.83 Å². The van der Waals surface area contributed by atoms with Crippen molar-refractivity contribution in [2.24, 2.45) is 5.92 Å². The van der Waals surface area contributed by atoms with Crippen molar-refractivity contribution in [1.82, 2.24) is 5.09 Å². The average molecular weight is 392 g/mol. The molecule has 3 nitrogen and oxygen atoms in total. The van der Waals surface area contributed by atoms with E-state index in [4.69, 9.17) is 0 Å². The van der Waals surface area contributed by atoms with Crippen molar-refractivity contribution in [2.75, 3.05) is 0 Å². The molecule has 0 aromatic heterocycles. The fraction of sp³-hybridized carbons (Fsp3) is 0.375. The summed E-state index contributed by atoms with van der Waals surface area (Å²) >= 11 is 0. The molecule has 0 saturated heterocycles. The lowest BCUT2D eigenvalue weighted by Crippen LogP contribution is -2.51. The zero-order valence-electron chi connectivity index (χ0n) is 16.8. The highest BCUT2D eigenvalue weighted by Gasteiger charge is 2.44. The van der Waals surface area contributed by atoms with E-state index >= 15 is 0 Å². The van der Waals surface area contributed by atoms with E-state index < -0.39 is 12.8 Å². The summed E-state index contributed by atoms with van der Waals surface area (Å²) in [4.78, 5) is 0. The van der Waals surface area contributed by atoms with Gasteiger partial charge in [0.1, 0.15) is 0 Å². The fourth-order valence-electron chi connectivity index (χ4n) is 4.41. The largest absolute Gasteiger partial charge is 0.296 e. The Morgan fingerprint density at radius 2 is 1.54 bits per heavy atom. The number of nitrogens with zero attached hydrogens (tertiary/aromatic N) is 1. The van der Waals surface area contributed by atoms with Crippen LogP contribution in [0.1, 0.15) is 46.0 Å². The molecule has 1 aliphatic carbocycles. The smallest absolute Gasteiger partial charge is 0.205 e. The van der Waals surface area contributed by atoms with Crippen LogP contribution >= 0.6 is 7.29 Å². The van der Waals surface area contributed by atoms with E-state index in [0.29, 0.717) is 5.57 Å². The van der Waals surface area contributed by atoms with E-state index in [1.165, 1.54) is 6.42 Å². The van der Waals surface area contributed by atoms with E-state index in [2.05, 4.69) is 18.1 Å². The lowest BCUT2D eigenvalue weighted by molar-refractivity contribution is 0.240. The summed E-state index contributed by atoms with van der Waals surface area (Å²) in [5, 5.41) is 15.0. The summed E-state index contributed by atoms with van der Waals surface area (Å²) in [6.45, 7) is 3.97. The SMILES string of the molecule is C/C=C(\C#N)[C@@](C)(NP(=O)(c1ccccc1)c1ccccc1)C1CCCCC1. The van der Waals surface area contributed by atoms with Crippen LogP contribution in [0.15, 0.2) is 72.3 Å². The molecule has 0 amide bonds. The van der Waals surface area contributed by atoms with Crippen molar-refractivity contribution in [3.8, 4) is 6.07 Å².